The molecule has 6 atom stereocenters. The number of anilines is 1. The number of rotatable bonds is 6. The van der Waals surface area contributed by atoms with Crippen LogP contribution in [0.1, 0.15) is 34.0 Å². The van der Waals surface area contributed by atoms with Crippen molar-refractivity contribution in [1.29, 1.82) is 0 Å². The van der Waals surface area contributed by atoms with Crippen molar-refractivity contribution in [2.24, 2.45) is 0 Å². The molecule has 10 heteroatoms. The number of aromatic nitrogens is 2. The molecule has 0 radical (unpaired) electrons. The van der Waals surface area contributed by atoms with Crippen molar-refractivity contribution in [2.45, 2.75) is 43.2 Å². The highest BCUT2D eigenvalue weighted by Gasteiger charge is 2.67. The molecule has 1 unspecified atom stereocenters. The molecule has 3 aliphatic heterocycles. The maximum Gasteiger partial charge on any atom is 0.338 e. The SMILES string of the molecule is C=C[C@H](OC(=O)c1ccccc1)[C@@]12CO[C@@H]([C@H](n3cnc4c3NC(C)NC4=O)O1)[C@@H]2OC. The molecule has 0 saturated carbocycles. The Morgan fingerprint density at radius 3 is 2.88 bits per heavy atom. The van der Waals surface area contributed by atoms with E-state index >= 15 is 0 Å². The van der Waals surface area contributed by atoms with Gasteiger partial charge in [0.25, 0.3) is 5.91 Å². The molecule has 2 aromatic rings. The maximum atomic E-state index is 12.7. The molecule has 168 valence electrons. The number of imidazole rings is 1. The molecular formula is C22H24N4O6. The van der Waals surface area contributed by atoms with E-state index in [0.29, 0.717) is 11.4 Å². The van der Waals surface area contributed by atoms with Gasteiger partial charge in [-0.3, -0.25) is 9.36 Å². The fraction of sp³-hybridized carbons (Fsp3) is 0.409. The predicted molar refractivity (Wildman–Crippen MR) is 112 cm³/mol. The van der Waals surface area contributed by atoms with Gasteiger partial charge in [0.15, 0.2) is 23.6 Å². The van der Waals surface area contributed by atoms with E-state index in [1.807, 2.05) is 13.0 Å². The lowest BCUT2D eigenvalue weighted by Gasteiger charge is -2.36. The molecule has 2 fully saturated rings. The first kappa shape index (κ1) is 20.7. The Labute approximate surface area is 184 Å². The van der Waals surface area contributed by atoms with Crippen LogP contribution in [0.4, 0.5) is 5.82 Å². The number of hydrogen-bond acceptors (Lipinski definition) is 8. The van der Waals surface area contributed by atoms with Gasteiger partial charge >= 0.3 is 5.97 Å². The molecule has 4 heterocycles. The van der Waals surface area contributed by atoms with Crippen LogP contribution in [0.5, 0.6) is 0 Å². The number of esters is 1. The quantitative estimate of drug-likeness (QED) is 0.513. The van der Waals surface area contributed by atoms with Crippen molar-refractivity contribution in [3.8, 4) is 0 Å². The summed E-state index contributed by atoms with van der Waals surface area (Å²) in [4.78, 5) is 29.3. The highest BCUT2D eigenvalue weighted by atomic mass is 16.7. The molecule has 10 nitrogen and oxygen atoms in total. The van der Waals surface area contributed by atoms with Gasteiger partial charge in [-0.15, -0.1) is 0 Å². The largest absolute Gasteiger partial charge is 0.451 e. The van der Waals surface area contributed by atoms with Crippen molar-refractivity contribution in [3.63, 3.8) is 0 Å². The topological polar surface area (TPSA) is 113 Å². The van der Waals surface area contributed by atoms with Gasteiger partial charge in [0.2, 0.25) is 0 Å². The molecule has 0 aliphatic carbocycles. The first-order valence-corrected chi connectivity index (χ1v) is 10.3. The van der Waals surface area contributed by atoms with Gasteiger partial charge < -0.3 is 29.6 Å². The van der Waals surface area contributed by atoms with Gasteiger partial charge in [0.05, 0.1) is 24.7 Å². The van der Waals surface area contributed by atoms with Crippen LogP contribution in [0.3, 0.4) is 0 Å². The third kappa shape index (κ3) is 3.02. The second kappa shape index (κ2) is 7.73. The van der Waals surface area contributed by atoms with Gasteiger partial charge in [-0.2, -0.15) is 0 Å². The smallest absolute Gasteiger partial charge is 0.338 e. The van der Waals surface area contributed by atoms with Gasteiger partial charge in [0.1, 0.15) is 18.0 Å². The first-order valence-electron chi connectivity index (χ1n) is 10.3. The average molecular weight is 440 g/mol. The molecule has 2 saturated heterocycles. The van der Waals surface area contributed by atoms with Crippen LogP contribution in [0.25, 0.3) is 0 Å². The van der Waals surface area contributed by atoms with E-state index in [2.05, 4.69) is 22.2 Å². The van der Waals surface area contributed by atoms with E-state index in [1.165, 1.54) is 12.4 Å². The molecule has 1 amide bonds. The van der Waals surface area contributed by atoms with Crippen molar-refractivity contribution < 1.29 is 28.5 Å². The van der Waals surface area contributed by atoms with Crippen LogP contribution in [0.2, 0.25) is 0 Å². The molecule has 0 spiro atoms. The Kier molecular flexibility index (Phi) is 5.00. The zero-order valence-electron chi connectivity index (χ0n) is 17.7. The average Bonchev–Trinajstić information content (AvgIpc) is 3.47. The van der Waals surface area contributed by atoms with Gasteiger partial charge in [-0.05, 0) is 25.1 Å². The molecule has 1 aromatic heterocycles. The lowest BCUT2D eigenvalue weighted by atomic mass is 9.92. The summed E-state index contributed by atoms with van der Waals surface area (Å²) in [6.45, 7) is 5.84. The van der Waals surface area contributed by atoms with Crippen LogP contribution >= 0.6 is 0 Å². The lowest BCUT2D eigenvalue weighted by molar-refractivity contribution is -0.201. The van der Waals surface area contributed by atoms with E-state index in [-0.39, 0.29) is 24.4 Å². The van der Waals surface area contributed by atoms with Crippen molar-refractivity contribution in [1.82, 2.24) is 14.9 Å². The molecule has 2 bridgehead atoms. The Morgan fingerprint density at radius 1 is 1.38 bits per heavy atom. The van der Waals surface area contributed by atoms with Crippen LogP contribution in [0.15, 0.2) is 49.3 Å². The Balaban J connectivity index is 1.46. The Bertz CT molecular complexity index is 1060. The maximum absolute atomic E-state index is 12.7. The summed E-state index contributed by atoms with van der Waals surface area (Å²) in [7, 11) is 1.56. The summed E-state index contributed by atoms with van der Waals surface area (Å²) < 4.78 is 25.8. The molecule has 2 N–H and O–H groups in total. The predicted octanol–water partition coefficient (Wildman–Crippen LogP) is 1.48. The zero-order chi connectivity index (χ0) is 22.5. The summed E-state index contributed by atoms with van der Waals surface area (Å²) >= 11 is 0. The van der Waals surface area contributed by atoms with E-state index in [1.54, 1.807) is 35.9 Å². The minimum absolute atomic E-state index is 0.159. The van der Waals surface area contributed by atoms with Crippen molar-refractivity contribution in [2.75, 3.05) is 19.0 Å². The summed E-state index contributed by atoms with van der Waals surface area (Å²) in [6, 6.07) is 8.70. The standard InChI is InChI=1S/C22H24N4O6/c1-4-14(31-21(28)13-8-6-5-7-9-13)22-10-30-16(17(22)29-3)20(32-22)26-11-23-15-18(26)24-12(2)25-19(15)27/h4-9,11-12,14,16-17,20,24H,1,10H2,2-3H3,(H,25,27)/t12?,14-,16+,17-,20+,22+/m0/s1. The van der Waals surface area contributed by atoms with E-state index in [9.17, 15) is 9.59 Å². The van der Waals surface area contributed by atoms with Crippen LogP contribution < -0.4 is 10.6 Å². The van der Waals surface area contributed by atoms with Gasteiger partial charge in [0, 0.05) is 7.11 Å². The van der Waals surface area contributed by atoms with Crippen LogP contribution in [0, 0.1) is 0 Å². The number of ether oxygens (including phenoxy) is 4. The zero-order valence-corrected chi connectivity index (χ0v) is 17.7. The molecular weight excluding hydrogens is 416 g/mol. The second-order valence-electron chi connectivity index (χ2n) is 8.01. The third-order valence-corrected chi connectivity index (χ3v) is 6.08. The number of amides is 1. The third-order valence-electron chi connectivity index (χ3n) is 6.08. The Morgan fingerprint density at radius 2 is 2.16 bits per heavy atom. The summed E-state index contributed by atoms with van der Waals surface area (Å²) in [5.74, 6) is -0.237. The fourth-order valence-corrected chi connectivity index (χ4v) is 4.63. The van der Waals surface area contributed by atoms with Gasteiger partial charge in [-0.1, -0.05) is 24.8 Å². The number of hydrogen-bond donors (Lipinski definition) is 2. The van der Waals surface area contributed by atoms with Crippen LogP contribution in [-0.4, -0.2) is 65.2 Å². The number of nitrogens with one attached hydrogen (secondary N) is 2. The fourth-order valence-electron chi connectivity index (χ4n) is 4.63. The van der Waals surface area contributed by atoms with Crippen molar-refractivity contribution in [3.05, 3.63) is 60.6 Å². The van der Waals surface area contributed by atoms with E-state index < -0.39 is 36.1 Å². The molecule has 5 rings (SSSR count). The molecule has 3 aliphatic rings. The van der Waals surface area contributed by atoms with Crippen LogP contribution in [-0.2, 0) is 18.9 Å². The van der Waals surface area contributed by atoms with E-state index in [0.717, 1.165) is 0 Å². The minimum atomic E-state index is -1.10. The number of carbonyl (C=O) groups is 2. The highest BCUT2D eigenvalue weighted by molar-refractivity contribution is 5.99. The minimum Gasteiger partial charge on any atom is -0.451 e. The normalized spacial score (nSPS) is 31.4. The summed E-state index contributed by atoms with van der Waals surface area (Å²) in [6.07, 6.45) is 0.273. The molecule has 1 aromatic carbocycles. The summed E-state index contributed by atoms with van der Waals surface area (Å²) in [5, 5.41) is 5.98. The number of fused-ring (bicyclic) bond motifs is 3. The molecule has 32 heavy (non-hydrogen) atoms. The second-order valence-corrected chi connectivity index (χ2v) is 8.01. The number of benzene rings is 1. The number of methoxy groups -OCH3 is 1. The monoisotopic (exact) mass is 440 g/mol. The lowest BCUT2D eigenvalue weighted by Crippen LogP contribution is -2.52. The van der Waals surface area contributed by atoms with Crippen molar-refractivity contribution >= 4 is 17.7 Å². The van der Waals surface area contributed by atoms with E-state index in [4.69, 9.17) is 18.9 Å². The van der Waals surface area contributed by atoms with Gasteiger partial charge in [-0.25, -0.2) is 9.78 Å². The number of carbonyl (C=O) groups excluding carboxylic acids is 2. The highest BCUT2D eigenvalue weighted by Crippen LogP contribution is 2.50. The number of nitrogens with zero attached hydrogens (tertiary/aromatic N) is 2. The Hall–Kier alpha value is -3.21. The summed E-state index contributed by atoms with van der Waals surface area (Å²) in [5.41, 5.74) is -0.411. The first-order chi connectivity index (χ1) is 15.5.